The van der Waals surface area contributed by atoms with Gasteiger partial charge in [-0.3, -0.25) is 0 Å². The number of nitrogen functional groups attached to an aromatic ring is 1. The SMILES string of the molecule is COc1cc2nc(NC(C)c3nncn3C(C)C)nc(N)c2cc1OC. The van der Waals surface area contributed by atoms with Crippen molar-refractivity contribution in [1.82, 2.24) is 24.7 Å². The number of benzene rings is 1. The fourth-order valence-electron chi connectivity index (χ4n) is 2.76. The van der Waals surface area contributed by atoms with Crippen LogP contribution < -0.4 is 20.5 Å². The standard InChI is InChI=1S/C17H23N7O2/c1-9(2)24-8-19-23-16(24)10(3)20-17-21-12-7-14(26-5)13(25-4)6-11(12)15(18)22-17/h6-10H,1-5H3,(H3,18,20,21,22). The summed E-state index contributed by atoms with van der Waals surface area (Å²) in [6.07, 6.45) is 1.71. The van der Waals surface area contributed by atoms with E-state index in [0.717, 1.165) is 5.82 Å². The van der Waals surface area contributed by atoms with Crippen molar-refractivity contribution in [3.05, 3.63) is 24.3 Å². The number of nitrogens with one attached hydrogen (secondary N) is 1. The first-order valence-electron chi connectivity index (χ1n) is 8.29. The Morgan fingerprint density at radius 2 is 1.77 bits per heavy atom. The van der Waals surface area contributed by atoms with Crippen LogP contribution in [0.2, 0.25) is 0 Å². The first-order chi connectivity index (χ1) is 12.4. The first-order valence-corrected chi connectivity index (χ1v) is 8.29. The van der Waals surface area contributed by atoms with E-state index in [1.165, 1.54) is 0 Å². The predicted octanol–water partition coefficient (Wildman–Crippen LogP) is 2.57. The molecule has 3 N–H and O–H groups in total. The van der Waals surface area contributed by atoms with Crippen molar-refractivity contribution in [3.63, 3.8) is 0 Å². The van der Waals surface area contributed by atoms with E-state index >= 15 is 0 Å². The maximum absolute atomic E-state index is 6.12. The van der Waals surface area contributed by atoms with E-state index in [1.54, 1.807) is 32.7 Å². The van der Waals surface area contributed by atoms with Crippen LogP contribution in [0.25, 0.3) is 10.9 Å². The van der Waals surface area contributed by atoms with Gasteiger partial charge in [0.1, 0.15) is 12.1 Å². The van der Waals surface area contributed by atoms with Gasteiger partial charge in [-0.2, -0.15) is 4.98 Å². The van der Waals surface area contributed by atoms with Gasteiger partial charge < -0.3 is 25.1 Å². The van der Waals surface area contributed by atoms with Crippen molar-refractivity contribution in [3.8, 4) is 11.5 Å². The molecule has 0 aliphatic carbocycles. The molecular weight excluding hydrogens is 334 g/mol. The second-order valence-electron chi connectivity index (χ2n) is 6.21. The molecule has 0 spiro atoms. The second-order valence-corrected chi connectivity index (χ2v) is 6.21. The van der Waals surface area contributed by atoms with Gasteiger partial charge in [0.25, 0.3) is 0 Å². The summed E-state index contributed by atoms with van der Waals surface area (Å²) in [6, 6.07) is 3.66. The molecule has 138 valence electrons. The predicted molar refractivity (Wildman–Crippen MR) is 99.5 cm³/mol. The average molecular weight is 357 g/mol. The van der Waals surface area contributed by atoms with Crippen LogP contribution in [0, 0.1) is 0 Å². The third kappa shape index (κ3) is 3.19. The molecule has 3 aromatic rings. The van der Waals surface area contributed by atoms with Gasteiger partial charge in [-0.05, 0) is 26.8 Å². The van der Waals surface area contributed by atoms with Crippen LogP contribution in [0.15, 0.2) is 18.5 Å². The Balaban J connectivity index is 1.96. The number of aromatic nitrogens is 5. The highest BCUT2D eigenvalue weighted by Gasteiger charge is 2.17. The minimum Gasteiger partial charge on any atom is -0.493 e. The summed E-state index contributed by atoms with van der Waals surface area (Å²) >= 11 is 0. The minimum absolute atomic E-state index is 0.142. The molecule has 1 atom stereocenters. The quantitative estimate of drug-likeness (QED) is 0.692. The van der Waals surface area contributed by atoms with Gasteiger partial charge >= 0.3 is 0 Å². The van der Waals surface area contributed by atoms with Crippen molar-refractivity contribution < 1.29 is 9.47 Å². The molecule has 0 fully saturated rings. The number of rotatable bonds is 6. The van der Waals surface area contributed by atoms with E-state index in [2.05, 4.69) is 39.3 Å². The summed E-state index contributed by atoms with van der Waals surface area (Å²) < 4.78 is 12.6. The molecule has 0 saturated carbocycles. The van der Waals surface area contributed by atoms with Gasteiger partial charge in [-0.1, -0.05) is 0 Å². The Kier molecular flexibility index (Phi) is 4.79. The maximum Gasteiger partial charge on any atom is 0.225 e. The van der Waals surface area contributed by atoms with Crippen LogP contribution in [0.3, 0.4) is 0 Å². The lowest BCUT2D eigenvalue weighted by molar-refractivity contribution is 0.356. The summed E-state index contributed by atoms with van der Waals surface area (Å²) in [5.74, 6) is 2.73. The third-order valence-corrected chi connectivity index (χ3v) is 4.12. The second kappa shape index (κ2) is 7.03. The van der Waals surface area contributed by atoms with E-state index < -0.39 is 0 Å². The monoisotopic (exact) mass is 357 g/mol. The number of anilines is 2. The van der Waals surface area contributed by atoms with Crippen LogP contribution >= 0.6 is 0 Å². The first kappa shape index (κ1) is 17.7. The molecule has 1 unspecified atom stereocenters. The molecule has 2 aromatic heterocycles. The minimum atomic E-state index is -0.142. The lowest BCUT2D eigenvalue weighted by Crippen LogP contribution is -2.16. The van der Waals surface area contributed by atoms with E-state index in [1.807, 2.05) is 11.5 Å². The molecule has 2 heterocycles. The third-order valence-electron chi connectivity index (χ3n) is 4.12. The lowest BCUT2D eigenvalue weighted by atomic mass is 10.2. The molecule has 9 heteroatoms. The Bertz CT molecular complexity index is 923. The van der Waals surface area contributed by atoms with E-state index in [0.29, 0.717) is 34.2 Å². The molecule has 0 radical (unpaired) electrons. The number of nitrogens with two attached hydrogens (primary N) is 1. The number of nitrogens with zero attached hydrogens (tertiary/aromatic N) is 5. The fraction of sp³-hybridized carbons (Fsp3) is 0.412. The number of fused-ring (bicyclic) bond motifs is 1. The summed E-state index contributed by atoms with van der Waals surface area (Å²) in [5.41, 5.74) is 6.79. The van der Waals surface area contributed by atoms with Gasteiger partial charge in [-0.15, -0.1) is 10.2 Å². The summed E-state index contributed by atoms with van der Waals surface area (Å²) in [6.45, 7) is 6.12. The molecule has 26 heavy (non-hydrogen) atoms. The van der Waals surface area contributed by atoms with E-state index in [9.17, 15) is 0 Å². The van der Waals surface area contributed by atoms with Crippen LogP contribution in [-0.4, -0.2) is 39.0 Å². The molecule has 0 saturated heterocycles. The summed E-state index contributed by atoms with van der Waals surface area (Å²) in [7, 11) is 3.15. The Labute approximate surface area is 151 Å². The van der Waals surface area contributed by atoms with Gasteiger partial charge in [-0.25, -0.2) is 4.98 Å². The number of hydrogen-bond acceptors (Lipinski definition) is 8. The largest absolute Gasteiger partial charge is 0.493 e. The fourth-order valence-corrected chi connectivity index (χ4v) is 2.76. The molecule has 9 nitrogen and oxygen atoms in total. The molecule has 0 bridgehead atoms. The van der Waals surface area contributed by atoms with E-state index in [4.69, 9.17) is 15.2 Å². The lowest BCUT2D eigenvalue weighted by Gasteiger charge is -2.17. The van der Waals surface area contributed by atoms with Crippen molar-refractivity contribution in [1.29, 1.82) is 0 Å². The van der Waals surface area contributed by atoms with Crippen molar-refractivity contribution in [2.24, 2.45) is 0 Å². The zero-order chi connectivity index (χ0) is 18.8. The zero-order valence-electron chi connectivity index (χ0n) is 15.5. The normalized spacial score (nSPS) is 12.4. The van der Waals surface area contributed by atoms with Crippen molar-refractivity contribution in [2.75, 3.05) is 25.3 Å². The molecule has 1 aromatic carbocycles. The summed E-state index contributed by atoms with van der Waals surface area (Å²) in [4.78, 5) is 8.91. The smallest absolute Gasteiger partial charge is 0.225 e. The number of ether oxygens (including phenoxy) is 2. The summed E-state index contributed by atoms with van der Waals surface area (Å²) in [5, 5.41) is 12.1. The highest BCUT2D eigenvalue weighted by Crippen LogP contribution is 2.34. The van der Waals surface area contributed by atoms with Crippen molar-refractivity contribution in [2.45, 2.75) is 32.9 Å². The Hall–Kier alpha value is -3.10. The number of hydrogen-bond donors (Lipinski definition) is 2. The highest BCUT2D eigenvalue weighted by molar-refractivity contribution is 5.91. The van der Waals surface area contributed by atoms with Gasteiger partial charge in [0, 0.05) is 17.5 Å². The molecule has 0 aliphatic heterocycles. The van der Waals surface area contributed by atoms with Gasteiger partial charge in [0.15, 0.2) is 17.3 Å². The molecule has 0 amide bonds. The van der Waals surface area contributed by atoms with E-state index in [-0.39, 0.29) is 12.1 Å². The van der Waals surface area contributed by atoms with Crippen LogP contribution in [0.4, 0.5) is 11.8 Å². The van der Waals surface area contributed by atoms with Crippen LogP contribution in [0.5, 0.6) is 11.5 Å². The zero-order valence-corrected chi connectivity index (χ0v) is 15.5. The van der Waals surface area contributed by atoms with Gasteiger partial charge in [0.2, 0.25) is 5.95 Å². The maximum atomic E-state index is 6.12. The molecule has 3 rings (SSSR count). The number of methoxy groups -OCH3 is 2. The van der Waals surface area contributed by atoms with Crippen LogP contribution in [0.1, 0.15) is 38.7 Å². The topological polar surface area (TPSA) is 113 Å². The average Bonchev–Trinajstić information content (AvgIpc) is 3.11. The Morgan fingerprint density at radius 1 is 1.08 bits per heavy atom. The van der Waals surface area contributed by atoms with Crippen LogP contribution in [-0.2, 0) is 0 Å². The Morgan fingerprint density at radius 3 is 2.42 bits per heavy atom. The molecular formula is C17H23N7O2. The van der Waals surface area contributed by atoms with Crippen molar-refractivity contribution >= 4 is 22.7 Å². The van der Waals surface area contributed by atoms with Gasteiger partial charge in [0.05, 0.1) is 25.8 Å². The molecule has 0 aliphatic rings. The highest BCUT2D eigenvalue weighted by atomic mass is 16.5.